The van der Waals surface area contributed by atoms with Gasteiger partial charge in [-0.15, -0.1) is 0 Å². The van der Waals surface area contributed by atoms with Crippen molar-refractivity contribution in [2.75, 3.05) is 6.61 Å². The minimum atomic E-state index is -1.36. The zero-order chi connectivity index (χ0) is 43.2. The number of hydrogen-bond donors (Lipinski definition) is 2. The van der Waals surface area contributed by atoms with Gasteiger partial charge in [0.05, 0.1) is 29.9 Å². The topological polar surface area (TPSA) is 133 Å². The lowest BCUT2D eigenvalue weighted by molar-refractivity contribution is -0.157. The molecule has 61 heavy (non-hydrogen) atoms. The number of carbonyl (C=O) groups excluding carboxylic acids is 3. The first-order valence-corrected chi connectivity index (χ1v) is 22.1. The van der Waals surface area contributed by atoms with Gasteiger partial charge < -0.3 is 34.1 Å². The SMILES string of the molecule is CC(C)(C)OC(=O)CC[C@@H](CO)NC(=O)C1=C[C@H]2OC(c3ccccc3)(c3ccccc3)O[C@H]2[C@H](OC(=O)c2cccc(C=C3CCC4O[C@]4(C)CC[C@@H]4[C@@H]3CC4(C)C)c2)C1. The second kappa shape index (κ2) is 16.9. The van der Waals surface area contributed by atoms with E-state index >= 15 is 0 Å². The summed E-state index contributed by atoms with van der Waals surface area (Å²) in [5.41, 5.74) is 4.23. The zero-order valence-electron chi connectivity index (χ0n) is 36.4. The summed E-state index contributed by atoms with van der Waals surface area (Å²) in [6.45, 7) is 12.0. The van der Waals surface area contributed by atoms with E-state index in [0.717, 1.165) is 48.8 Å². The van der Waals surface area contributed by atoms with E-state index in [1.54, 1.807) is 32.9 Å². The molecule has 2 aliphatic heterocycles. The Labute approximate surface area is 360 Å². The highest BCUT2D eigenvalue weighted by molar-refractivity contribution is 5.94. The number of rotatable bonds is 11. The van der Waals surface area contributed by atoms with E-state index in [1.807, 2.05) is 78.9 Å². The lowest BCUT2D eigenvalue weighted by Crippen LogP contribution is -2.45. The molecular formula is C51H61NO9. The standard InChI is InChI=1S/C51H61NO9/c1-48(2,3)60-44(54)23-21-38(31-53)52-46(55)35-28-41(45-42(29-35)58-51(61-45,36-16-9-7-10-17-36)37-18-11-8-12-19-37)57-47(56)34-15-13-14-32(27-34)26-33-20-22-43-50(6,59-43)25-24-40-39(33)30-49(40,4)5/h7-19,26-27,29,38-43,45,53H,20-25,28,30-31H2,1-6H3,(H,52,55)/t38-,39+,40+,41+,42+,43?,45-,50+/m0/s1. The zero-order valence-corrected chi connectivity index (χ0v) is 36.4. The number of aliphatic hydroxyl groups excluding tert-OH is 1. The first-order chi connectivity index (χ1) is 29.1. The van der Waals surface area contributed by atoms with Crippen LogP contribution in [-0.2, 0) is 39.1 Å². The smallest absolute Gasteiger partial charge is 0.338 e. The van der Waals surface area contributed by atoms with Crippen molar-refractivity contribution in [2.24, 2.45) is 17.3 Å². The van der Waals surface area contributed by atoms with E-state index in [-0.39, 0.29) is 36.9 Å². The summed E-state index contributed by atoms with van der Waals surface area (Å²) in [5.74, 6) is -1.66. The molecule has 0 spiro atoms. The van der Waals surface area contributed by atoms with E-state index in [1.165, 1.54) is 5.57 Å². The van der Waals surface area contributed by atoms with Gasteiger partial charge in [0.1, 0.15) is 23.9 Å². The van der Waals surface area contributed by atoms with E-state index < -0.39 is 53.6 Å². The first-order valence-electron chi connectivity index (χ1n) is 22.1. The molecule has 2 saturated heterocycles. The Morgan fingerprint density at radius 1 is 0.918 bits per heavy atom. The average Bonchev–Trinajstić information content (AvgIpc) is 3.68. The Morgan fingerprint density at radius 2 is 1.62 bits per heavy atom. The predicted octanol–water partition coefficient (Wildman–Crippen LogP) is 8.60. The van der Waals surface area contributed by atoms with Gasteiger partial charge in [-0.2, -0.15) is 0 Å². The molecule has 2 N–H and O–H groups in total. The summed E-state index contributed by atoms with van der Waals surface area (Å²) in [4.78, 5) is 40.8. The van der Waals surface area contributed by atoms with Crippen molar-refractivity contribution in [1.82, 2.24) is 5.32 Å². The molecule has 10 heteroatoms. The van der Waals surface area contributed by atoms with Gasteiger partial charge in [0.25, 0.3) is 0 Å². The van der Waals surface area contributed by atoms with E-state index in [4.69, 9.17) is 23.7 Å². The summed E-state index contributed by atoms with van der Waals surface area (Å²) in [7, 11) is 0. The number of amides is 1. The summed E-state index contributed by atoms with van der Waals surface area (Å²) in [6.07, 6.45) is 7.46. The van der Waals surface area contributed by atoms with Crippen LogP contribution >= 0.6 is 0 Å². The van der Waals surface area contributed by atoms with Gasteiger partial charge in [0.2, 0.25) is 11.7 Å². The van der Waals surface area contributed by atoms with Gasteiger partial charge in [-0.05, 0) is 107 Å². The molecule has 8 atom stereocenters. The molecule has 0 aromatic heterocycles. The normalized spacial score (nSPS) is 29.8. The van der Waals surface area contributed by atoms with Crippen LogP contribution in [0.3, 0.4) is 0 Å². The van der Waals surface area contributed by atoms with Crippen molar-refractivity contribution >= 4 is 23.9 Å². The molecule has 2 heterocycles. The Morgan fingerprint density at radius 3 is 2.28 bits per heavy atom. The minimum Gasteiger partial charge on any atom is -0.460 e. The summed E-state index contributed by atoms with van der Waals surface area (Å²) in [5, 5.41) is 13.1. The molecule has 0 radical (unpaired) electrons. The van der Waals surface area contributed by atoms with E-state index in [9.17, 15) is 19.5 Å². The van der Waals surface area contributed by atoms with Crippen LogP contribution in [0.4, 0.5) is 0 Å². The van der Waals surface area contributed by atoms with Crippen LogP contribution in [-0.4, -0.2) is 71.2 Å². The monoisotopic (exact) mass is 831 g/mol. The number of allylic oxidation sites excluding steroid dienone is 1. The highest BCUT2D eigenvalue weighted by atomic mass is 16.8. The number of carbonyl (C=O) groups is 3. The highest BCUT2D eigenvalue weighted by Gasteiger charge is 2.57. The molecule has 2 saturated carbocycles. The Balaban J connectivity index is 1.05. The molecule has 8 rings (SSSR count). The molecule has 324 valence electrons. The fourth-order valence-corrected chi connectivity index (χ4v) is 10.1. The summed E-state index contributed by atoms with van der Waals surface area (Å²) < 4.78 is 31.8. The highest BCUT2D eigenvalue weighted by Crippen LogP contribution is 2.60. The largest absolute Gasteiger partial charge is 0.460 e. The van der Waals surface area contributed by atoms with Gasteiger partial charge in [-0.3, -0.25) is 9.59 Å². The molecule has 1 amide bonds. The number of fused-ring (bicyclic) bond motifs is 3. The summed E-state index contributed by atoms with van der Waals surface area (Å²) >= 11 is 0. The van der Waals surface area contributed by atoms with E-state index in [0.29, 0.717) is 29.1 Å². The number of aliphatic hydroxyl groups is 1. The Bertz CT molecular complexity index is 2120. The van der Waals surface area contributed by atoms with Crippen molar-refractivity contribution in [3.05, 3.63) is 124 Å². The lowest BCUT2D eigenvalue weighted by atomic mass is 9.52. The molecule has 3 aromatic rings. The van der Waals surface area contributed by atoms with Crippen molar-refractivity contribution in [3.63, 3.8) is 0 Å². The third-order valence-electron chi connectivity index (χ3n) is 13.5. The van der Waals surface area contributed by atoms with Crippen molar-refractivity contribution in [1.29, 1.82) is 0 Å². The molecule has 3 aliphatic carbocycles. The Hall–Kier alpha value is -4.61. The maximum absolute atomic E-state index is 14.3. The number of nitrogens with one attached hydrogen (secondary N) is 1. The molecular weight excluding hydrogens is 771 g/mol. The maximum Gasteiger partial charge on any atom is 0.338 e. The third kappa shape index (κ3) is 9.29. The third-order valence-corrected chi connectivity index (χ3v) is 13.5. The number of ether oxygens (including phenoxy) is 5. The number of benzene rings is 3. The van der Waals surface area contributed by atoms with Gasteiger partial charge in [-0.1, -0.05) is 98.3 Å². The van der Waals surface area contributed by atoms with Crippen molar-refractivity contribution in [3.8, 4) is 0 Å². The molecule has 5 aliphatic rings. The fraction of sp³-hybridized carbons (Fsp3) is 0.510. The van der Waals surface area contributed by atoms with Gasteiger partial charge >= 0.3 is 11.9 Å². The number of esters is 2. The van der Waals surface area contributed by atoms with Gasteiger partial charge in [-0.25, -0.2) is 4.79 Å². The van der Waals surface area contributed by atoms with Crippen molar-refractivity contribution < 1.29 is 43.2 Å². The Kier molecular flexibility index (Phi) is 11.9. The van der Waals surface area contributed by atoms with Crippen LogP contribution in [0.5, 0.6) is 0 Å². The van der Waals surface area contributed by atoms with Crippen LogP contribution in [0.1, 0.15) is 120 Å². The van der Waals surface area contributed by atoms with Crippen LogP contribution < -0.4 is 5.32 Å². The van der Waals surface area contributed by atoms with E-state index in [2.05, 4.69) is 32.2 Å². The molecule has 10 nitrogen and oxygen atoms in total. The second-order valence-corrected chi connectivity index (χ2v) is 19.6. The number of hydrogen-bond acceptors (Lipinski definition) is 9. The van der Waals surface area contributed by atoms with Gasteiger partial charge in [0, 0.05) is 29.5 Å². The van der Waals surface area contributed by atoms with Crippen molar-refractivity contribution in [2.45, 2.75) is 140 Å². The maximum atomic E-state index is 14.3. The first kappa shape index (κ1) is 43.1. The second-order valence-electron chi connectivity index (χ2n) is 19.6. The minimum absolute atomic E-state index is 0.00143. The average molecular weight is 832 g/mol. The molecule has 3 aromatic carbocycles. The molecule has 0 bridgehead atoms. The quantitative estimate of drug-likeness (QED) is 0.144. The summed E-state index contributed by atoms with van der Waals surface area (Å²) in [6, 6.07) is 26.1. The van der Waals surface area contributed by atoms with Crippen LogP contribution in [0.25, 0.3) is 6.08 Å². The molecule has 1 unspecified atom stereocenters. The van der Waals surface area contributed by atoms with Crippen LogP contribution in [0.15, 0.2) is 102 Å². The predicted molar refractivity (Wildman–Crippen MR) is 231 cm³/mol. The van der Waals surface area contributed by atoms with Gasteiger partial charge in [0.15, 0.2) is 0 Å². The fourth-order valence-electron chi connectivity index (χ4n) is 10.1. The lowest BCUT2D eigenvalue weighted by Gasteiger charge is -2.53. The van der Waals surface area contributed by atoms with Crippen LogP contribution in [0.2, 0.25) is 0 Å². The molecule has 4 fully saturated rings. The van der Waals surface area contributed by atoms with Crippen LogP contribution in [0, 0.1) is 17.3 Å². The number of epoxide rings is 1.